The van der Waals surface area contributed by atoms with Gasteiger partial charge in [-0.1, -0.05) is 0 Å². The summed E-state index contributed by atoms with van der Waals surface area (Å²) in [5, 5.41) is 10.6. The van der Waals surface area contributed by atoms with Crippen LogP contribution in [-0.4, -0.2) is 47.9 Å². The quantitative estimate of drug-likeness (QED) is 0.838. The van der Waals surface area contributed by atoms with Gasteiger partial charge in [-0.3, -0.25) is 9.48 Å². The molecule has 0 radical (unpaired) electrons. The number of rotatable bonds is 4. The van der Waals surface area contributed by atoms with Gasteiger partial charge in [0.15, 0.2) is 0 Å². The molecular formula is C16H24Cl2N6O. The van der Waals surface area contributed by atoms with E-state index in [0.29, 0.717) is 18.7 Å². The largest absolute Gasteiger partial charge is 0.376 e. The summed E-state index contributed by atoms with van der Waals surface area (Å²) in [7, 11) is 3.91. The smallest absolute Gasteiger partial charge is 0.253 e. The number of amides is 1. The lowest BCUT2D eigenvalue weighted by Crippen LogP contribution is -2.52. The minimum absolute atomic E-state index is 0. The normalized spacial score (nSPS) is 15.4. The first kappa shape index (κ1) is 21.2. The van der Waals surface area contributed by atoms with Crippen molar-refractivity contribution < 1.29 is 4.79 Å². The number of hydrogen-bond donors (Lipinski definition) is 2. The Balaban J connectivity index is 0.00000156. The monoisotopic (exact) mass is 386 g/mol. The lowest BCUT2D eigenvalue weighted by atomic mass is 9.87. The Bertz CT molecular complexity index is 654. The molecule has 0 aromatic carbocycles. The van der Waals surface area contributed by atoms with E-state index < -0.39 is 5.54 Å². The molecule has 25 heavy (non-hydrogen) atoms. The number of carbonyl (C=O) groups is 1. The number of pyridine rings is 1. The van der Waals surface area contributed by atoms with Gasteiger partial charge in [0.05, 0.1) is 11.9 Å². The zero-order chi connectivity index (χ0) is 16.3. The predicted octanol–water partition coefficient (Wildman–Crippen LogP) is 1.91. The second kappa shape index (κ2) is 9.03. The van der Waals surface area contributed by atoms with Crippen molar-refractivity contribution in [2.24, 2.45) is 0 Å². The van der Waals surface area contributed by atoms with Crippen LogP contribution in [0, 0.1) is 0 Å². The van der Waals surface area contributed by atoms with Gasteiger partial charge in [0.1, 0.15) is 11.4 Å². The Morgan fingerprint density at radius 3 is 2.52 bits per heavy atom. The summed E-state index contributed by atoms with van der Waals surface area (Å²) in [6.07, 6.45) is 6.72. The van der Waals surface area contributed by atoms with Gasteiger partial charge in [-0.05, 0) is 44.1 Å². The third kappa shape index (κ3) is 4.42. The van der Waals surface area contributed by atoms with E-state index in [1.807, 2.05) is 43.4 Å². The van der Waals surface area contributed by atoms with Crippen LogP contribution in [0.1, 0.15) is 12.8 Å². The van der Waals surface area contributed by atoms with E-state index in [-0.39, 0.29) is 30.7 Å². The average Bonchev–Trinajstić information content (AvgIpc) is 3.11. The number of aromatic nitrogens is 3. The van der Waals surface area contributed by atoms with E-state index in [9.17, 15) is 4.79 Å². The molecule has 138 valence electrons. The summed E-state index contributed by atoms with van der Waals surface area (Å²) in [6.45, 7) is 1.58. The summed E-state index contributed by atoms with van der Waals surface area (Å²) < 4.78 is 1.78. The maximum atomic E-state index is 13.0. The molecule has 0 atom stereocenters. The Morgan fingerprint density at radius 1 is 1.28 bits per heavy atom. The van der Waals surface area contributed by atoms with Crippen LogP contribution in [0.15, 0.2) is 36.8 Å². The molecule has 0 saturated carbocycles. The fraction of sp³-hybridized carbons (Fsp3) is 0.438. The zero-order valence-electron chi connectivity index (χ0n) is 14.3. The molecule has 0 unspecified atom stereocenters. The number of carbonyl (C=O) groups excluding carboxylic acids is 1. The summed E-state index contributed by atoms with van der Waals surface area (Å²) in [4.78, 5) is 19.3. The predicted molar refractivity (Wildman–Crippen MR) is 104 cm³/mol. The van der Waals surface area contributed by atoms with Crippen molar-refractivity contribution in [2.45, 2.75) is 18.4 Å². The molecule has 3 heterocycles. The fourth-order valence-electron chi connectivity index (χ4n) is 2.88. The molecule has 0 spiro atoms. The number of hydrogen-bond acceptors (Lipinski definition) is 5. The molecular weight excluding hydrogens is 363 g/mol. The standard InChI is InChI=1S/C16H22N6O.2ClH/c1-21(2)13-4-5-14(18-12-13)20-15(23)16(6-9-17-10-7-16)22-11-3-8-19-22;;/h3-5,8,11-12,17H,6-7,9-10H2,1-2H3,(H,18,20,23);2*1H. The minimum atomic E-state index is -0.656. The lowest BCUT2D eigenvalue weighted by Gasteiger charge is -2.36. The summed E-state index contributed by atoms with van der Waals surface area (Å²) in [6, 6.07) is 5.61. The van der Waals surface area contributed by atoms with E-state index in [1.54, 1.807) is 17.1 Å². The molecule has 1 aliphatic heterocycles. The topological polar surface area (TPSA) is 75.1 Å². The highest BCUT2D eigenvalue weighted by Crippen LogP contribution is 2.28. The first-order valence-electron chi connectivity index (χ1n) is 7.77. The van der Waals surface area contributed by atoms with Crippen LogP contribution >= 0.6 is 24.8 Å². The van der Waals surface area contributed by atoms with Gasteiger partial charge in [0, 0.05) is 26.5 Å². The first-order chi connectivity index (χ1) is 11.1. The van der Waals surface area contributed by atoms with Crippen LogP contribution in [0.4, 0.5) is 11.5 Å². The number of nitrogens with one attached hydrogen (secondary N) is 2. The van der Waals surface area contributed by atoms with Gasteiger partial charge in [-0.15, -0.1) is 24.8 Å². The molecule has 1 saturated heterocycles. The van der Waals surface area contributed by atoms with Crippen molar-refractivity contribution in [1.82, 2.24) is 20.1 Å². The van der Waals surface area contributed by atoms with Gasteiger partial charge in [0.25, 0.3) is 5.91 Å². The Hall–Kier alpha value is -1.83. The van der Waals surface area contributed by atoms with Crippen LogP contribution in [0.5, 0.6) is 0 Å². The third-order valence-electron chi connectivity index (χ3n) is 4.30. The molecule has 0 aliphatic carbocycles. The van der Waals surface area contributed by atoms with Crippen LogP contribution in [0.3, 0.4) is 0 Å². The Morgan fingerprint density at radius 2 is 2.00 bits per heavy atom. The fourth-order valence-corrected chi connectivity index (χ4v) is 2.88. The Labute approximate surface area is 160 Å². The highest BCUT2D eigenvalue weighted by atomic mass is 35.5. The third-order valence-corrected chi connectivity index (χ3v) is 4.30. The molecule has 2 N–H and O–H groups in total. The molecule has 2 aromatic rings. The van der Waals surface area contributed by atoms with Crippen molar-refractivity contribution in [3.05, 3.63) is 36.8 Å². The molecule has 9 heteroatoms. The van der Waals surface area contributed by atoms with Crippen molar-refractivity contribution in [3.8, 4) is 0 Å². The highest BCUT2D eigenvalue weighted by Gasteiger charge is 2.42. The number of nitrogens with zero attached hydrogens (tertiary/aromatic N) is 4. The maximum Gasteiger partial charge on any atom is 0.253 e. The van der Waals surface area contributed by atoms with Gasteiger partial charge in [-0.25, -0.2) is 4.98 Å². The van der Waals surface area contributed by atoms with E-state index in [0.717, 1.165) is 18.8 Å². The van der Waals surface area contributed by atoms with Gasteiger partial charge < -0.3 is 15.5 Å². The summed E-state index contributed by atoms with van der Waals surface area (Å²) >= 11 is 0. The van der Waals surface area contributed by atoms with Crippen molar-refractivity contribution in [2.75, 3.05) is 37.4 Å². The first-order valence-corrected chi connectivity index (χ1v) is 7.77. The number of piperidine rings is 1. The van der Waals surface area contributed by atoms with Crippen LogP contribution in [-0.2, 0) is 10.3 Å². The van der Waals surface area contributed by atoms with Gasteiger partial charge in [0.2, 0.25) is 0 Å². The zero-order valence-corrected chi connectivity index (χ0v) is 15.9. The summed E-state index contributed by atoms with van der Waals surface area (Å²) in [5.74, 6) is 0.499. The van der Waals surface area contributed by atoms with Crippen molar-refractivity contribution in [3.63, 3.8) is 0 Å². The minimum Gasteiger partial charge on any atom is -0.376 e. The maximum absolute atomic E-state index is 13.0. The average molecular weight is 387 g/mol. The van der Waals surface area contributed by atoms with Crippen molar-refractivity contribution in [1.29, 1.82) is 0 Å². The molecule has 7 nitrogen and oxygen atoms in total. The molecule has 3 rings (SSSR count). The van der Waals surface area contributed by atoms with Gasteiger partial charge in [-0.2, -0.15) is 5.10 Å². The van der Waals surface area contributed by atoms with Crippen molar-refractivity contribution >= 4 is 42.2 Å². The second-order valence-corrected chi connectivity index (χ2v) is 5.98. The Kier molecular flexibility index (Phi) is 7.66. The van der Waals surface area contributed by atoms with E-state index in [4.69, 9.17) is 0 Å². The van der Waals surface area contributed by atoms with E-state index in [1.165, 1.54) is 0 Å². The summed E-state index contributed by atoms with van der Waals surface area (Å²) in [5.41, 5.74) is 0.336. The molecule has 2 aromatic heterocycles. The van der Waals surface area contributed by atoms with E-state index >= 15 is 0 Å². The number of anilines is 2. The van der Waals surface area contributed by atoms with Crippen LogP contribution < -0.4 is 15.5 Å². The van der Waals surface area contributed by atoms with Crippen LogP contribution in [0.2, 0.25) is 0 Å². The number of halogens is 2. The molecule has 0 bridgehead atoms. The highest BCUT2D eigenvalue weighted by molar-refractivity contribution is 5.96. The van der Waals surface area contributed by atoms with Crippen LogP contribution in [0.25, 0.3) is 0 Å². The molecule has 1 amide bonds. The lowest BCUT2D eigenvalue weighted by molar-refractivity contribution is -0.126. The second-order valence-electron chi connectivity index (χ2n) is 5.98. The van der Waals surface area contributed by atoms with E-state index in [2.05, 4.69) is 20.7 Å². The molecule has 1 aliphatic rings. The van der Waals surface area contributed by atoms with Gasteiger partial charge >= 0.3 is 0 Å². The SMILES string of the molecule is CN(C)c1ccc(NC(=O)C2(n3cccn3)CCNCC2)nc1.Cl.Cl. The molecule has 1 fully saturated rings.